The third-order valence-electron chi connectivity index (χ3n) is 2.54. The van der Waals surface area contributed by atoms with Crippen LogP contribution in [-0.4, -0.2) is 4.21 Å². The molecule has 0 spiro atoms. The van der Waals surface area contributed by atoms with Crippen LogP contribution in [0, 0.1) is 0 Å². The summed E-state index contributed by atoms with van der Waals surface area (Å²) in [6.07, 6.45) is 0. The van der Waals surface area contributed by atoms with E-state index in [0.717, 1.165) is 9.79 Å². The van der Waals surface area contributed by atoms with Gasteiger partial charge < -0.3 is 0 Å². The average Bonchev–Trinajstić information content (AvgIpc) is 2.40. The van der Waals surface area contributed by atoms with Crippen molar-refractivity contribution in [1.82, 2.24) is 0 Å². The van der Waals surface area contributed by atoms with E-state index in [9.17, 15) is 4.21 Å². The first kappa shape index (κ1) is 12.4. The Labute approximate surface area is 124 Å². The Kier molecular flexibility index (Phi) is 3.79. The number of halogens is 2. The molecule has 0 amide bonds. The third-order valence-corrected chi connectivity index (χ3v) is 16.5. The molecule has 0 fully saturated rings. The second kappa shape index (κ2) is 5.18. The van der Waals surface area contributed by atoms with Crippen molar-refractivity contribution in [2.45, 2.75) is 19.6 Å². The summed E-state index contributed by atoms with van der Waals surface area (Å²) in [7, 11) is -0.810. The number of hydrogen-bond donors (Lipinski definition) is 0. The molecule has 0 unspecified atom stereocenters. The molecule has 1 heterocycles. The molecule has 2 aromatic rings. The Hall–Kier alpha value is 0.400. The molecule has 0 saturated heterocycles. The van der Waals surface area contributed by atoms with Crippen LogP contribution in [0.3, 0.4) is 0 Å². The zero-order chi connectivity index (χ0) is 11.8. The zero-order valence-electron chi connectivity index (χ0n) is 8.60. The average molecular weight is 486 g/mol. The van der Waals surface area contributed by atoms with Gasteiger partial charge in [-0.1, -0.05) is 0 Å². The van der Waals surface area contributed by atoms with Gasteiger partial charge in [-0.15, -0.1) is 0 Å². The molecule has 0 aromatic heterocycles. The minimum absolute atomic E-state index is 0.0522. The van der Waals surface area contributed by atoms with Crippen molar-refractivity contribution in [1.29, 1.82) is 0 Å². The third kappa shape index (κ3) is 2.08. The van der Waals surface area contributed by atoms with E-state index in [-0.39, 0.29) is 23.9 Å². The van der Waals surface area contributed by atoms with Crippen molar-refractivity contribution in [3.8, 4) is 0 Å². The van der Waals surface area contributed by atoms with E-state index in [1.54, 1.807) is 0 Å². The summed E-state index contributed by atoms with van der Waals surface area (Å²) in [5.74, 6) is 0. The predicted octanol–water partition coefficient (Wildman–Crippen LogP) is 0.557. The summed E-state index contributed by atoms with van der Waals surface area (Å²) in [5.41, 5.74) is 0. The first-order chi connectivity index (χ1) is 8.33. The monoisotopic (exact) mass is 486 g/mol. The standard InChI is InChI=1S/C12H8I2OS2/c13-14-16-9-5-1-3-7-11(9)17(15)12-8-4-2-6-10(12)16/h1-8H. The Balaban J connectivity index is 2.29. The fourth-order valence-electron chi connectivity index (χ4n) is 1.80. The Morgan fingerprint density at radius 1 is 0.941 bits per heavy atom. The summed E-state index contributed by atoms with van der Waals surface area (Å²) in [6, 6.07) is 16.4. The molecule has 0 N–H and O–H groups in total. The molecular weight excluding hydrogens is 478 g/mol. The van der Waals surface area contributed by atoms with E-state index in [1.807, 2.05) is 24.3 Å². The minimum atomic E-state index is -0.991. The molecule has 0 atom stereocenters. The summed E-state index contributed by atoms with van der Waals surface area (Å²) in [4.78, 5) is 4.63. The first-order valence-electron chi connectivity index (χ1n) is 4.94. The van der Waals surface area contributed by atoms with E-state index in [0.29, 0.717) is 0 Å². The van der Waals surface area contributed by atoms with Crippen LogP contribution >= 0.6 is 18.6 Å². The van der Waals surface area contributed by atoms with Crippen molar-refractivity contribution < 1.29 is 20.1 Å². The van der Waals surface area contributed by atoms with Gasteiger partial charge in [-0.2, -0.15) is 0 Å². The van der Waals surface area contributed by atoms with Gasteiger partial charge in [0.2, 0.25) is 0 Å². The van der Waals surface area contributed by atoms with Gasteiger partial charge in [0.15, 0.2) is 0 Å². The molecular formula is C12H8I2OS2. The van der Waals surface area contributed by atoms with E-state index in [4.69, 9.17) is 0 Å². The van der Waals surface area contributed by atoms with Gasteiger partial charge in [0.05, 0.1) is 0 Å². The number of fused-ring (bicyclic) bond motifs is 2. The number of benzene rings is 2. The molecule has 0 saturated carbocycles. The van der Waals surface area contributed by atoms with Crippen molar-refractivity contribution in [3.05, 3.63) is 48.5 Å². The van der Waals surface area contributed by atoms with Crippen molar-refractivity contribution in [3.63, 3.8) is 0 Å². The van der Waals surface area contributed by atoms with Crippen LogP contribution in [-0.2, 0) is 18.9 Å². The maximum atomic E-state index is 12.5. The van der Waals surface area contributed by atoms with Crippen LogP contribution in [0.5, 0.6) is 0 Å². The van der Waals surface area contributed by atoms with Crippen LogP contribution in [0.1, 0.15) is 0 Å². The van der Waals surface area contributed by atoms with E-state index in [1.165, 1.54) is 9.79 Å². The Bertz CT molecular complexity index is 551. The van der Waals surface area contributed by atoms with E-state index >= 15 is 0 Å². The topological polar surface area (TPSA) is 17.1 Å². The normalized spacial score (nSPS) is 21.9. The van der Waals surface area contributed by atoms with Gasteiger partial charge in [0.25, 0.3) is 0 Å². The number of rotatable bonds is 1. The summed E-state index contributed by atoms with van der Waals surface area (Å²) in [5, 5.41) is 0. The molecule has 1 nitrogen and oxygen atoms in total. The van der Waals surface area contributed by atoms with Gasteiger partial charge in [-0.3, -0.25) is 0 Å². The van der Waals surface area contributed by atoms with Crippen molar-refractivity contribution in [2.75, 3.05) is 0 Å². The van der Waals surface area contributed by atoms with E-state index < -0.39 is 10.8 Å². The second-order valence-corrected chi connectivity index (χ2v) is 16.7. The summed E-state index contributed by atoms with van der Waals surface area (Å²) >= 11 is 2.58. The van der Waals surface area contributed by atoms with Crippen molar-refractivity contribution >= 4 is 37.5 Å². The van der Waals surface area contributed by atoms with Gasteiger partial charge in [-0.25, -0.2) is 0 Å². The van der Waals surface area contributed by atoms with Crippen LogP contribution < -0.4 is 15.8 Å². The maximum absolute atomic E-state index is 12.5. The van der Waals surface area contributed by atoms with Gasteiger partial charge in [-0.05, 0) is 0 Å². The second-order valence-electron chi connectivity index (χ2n) is 3.48. The molecule has 88 valence electrons. The molecule has 2 aromatic carbocycles. The quantitative estimate of drug-likeness (QED) is 0.426. The molecule has 0 aliphatic carbocycles. The van der Waals surface area contributed by atoms with Crippen LogP contribution in [0.4, 0.5) is 0 Å². The molecule has 1 aliphatic heterocycles. The Morgan fingerprint density at radius 2 is 1.41 bits per heavy atom. The van der Waals surface area contributed by atoms with Gasteiger partial charge in [0.1, 0.15) is 0 Å². The zero-order valence-corrected chi connectivity index (χ0v) is 14.5. The summed E-state index contributed by atoms with van der Waals surface area (Å²) in [6.45, 7) is 0. The van der Waals surface area contributed by atoms with E-state index in [2.05, 4.69) is 42.9 Å². The van der Waals surface area contributed by atoms with Crippen molar-refractivity contribution in [2.24, 2.45) is 0 Å². The predicted molar refractivity (Wildman–Crippen MR) is 75.5 cm³/mol. The SMILES string of the molecule is O=S1c2ccccc2[S+]([I-]I)c2ccccc21. The molecule has 1 aliphatic rings. The van der Waals surface area contributed by atoms with Crippen LogP contribution in [0.25, 0.3) is 0 Å². The van der Waals surface area contributed by atoms with Crippen LogP contribution in [0.15, 0.2) is 68.1 Å². The summed E-state index contributed by atoms with van der Waals surface area (Å²) < 4.78 is 12.5. The fourth-order valence-corrected chi connectivity index (χ4v) is 16.6. The molecule has 17 heavy (non-hydrogen) atoms. The molecule has 3 rings (SSSR count). The van der Waals surface area contributed by atoms with Crippen LogP contribution in [0.2, 0.25) is 0 Å². The molecule has 5 heteroatoms. The first-order valence-corrected chi connectivity index (χ1v) is 16.1. The van der Waals surface area contributed by atoms with Gasteiger partial charge in [0, 0.05) is 0 Å². The number of hydrogen-bond acceptors (Lipinski definition) is 1. The van der Waals surface area contributed by atoms with Gasteiger partial charge >= 0.3 is 126 Å². The fraction of sp³-hybridized carbons (Fsp3) is 0. The molecule has 0 bridgehead atoms. The molecule has 0 radical (unpaired) electrons. The Morgan fingerprint density at radius 3 is 1.88 bits per heavy atom.